The van der Waals surface area contributed by atoms with Crippen LogP contribution in [0.1, 0.15) is 0 Å². The number of benzene rings is 1. The van der Waals surface area contributed by atoms with Gasteiger partial charge >= 0.3 is 0 Å². The van der Waals surface area contributed by atoms with Crippen LogP contribution < -0.4 is 18.9 Å². The summed E-state index contributed by atoms with van der Waals surface area (Å²) >= 11 is 0. The summed E-state index contributed by atoms with van der Waals surface area (Å²) in [5, 5.41) is 25.8. The first-order valence-corrected chi connectivity index (χ1v) is 5.39. The highest BCUT2D eigenvalue weighted by atomic mass is 16.6. The molecule has 1 aromatic rings. The molecule has 1 fully saturated rings. The van der Waals surface area contributed by atoms with E-state index in [1.807, 2.05) is 0 Å². The minimum absolute atomic E-state index is 0.000283. The van der Waals surface area contributed by atoms with Crippen LogP contribution in [-0.4, -0.2) is 19.3 Å². The van der Waals surface area contributed by atoms with E-state index in [9.17, 15) is 0 Å². The fourth-order valence-corrected chi connectivity index (χ4v) is 1.40. The molecule has 0 radical (unpaired) electrons. The second kappa shape index (κ2) is 6.14. The van der Waals surface area contributed by atoms with E-state index in [0.717, 1.165) is 0 Å². The lowest BCUT2D eigenvalue weighted by Gasteiger charge is -2.12. The summed E-state index contributed by atoms with van der Waals surface area (Å²) in [6.07, 6.45) is 4.33. The third-order valence-corrected chi connectivity index (χ3v) is 2.32. The Kier molecular flexibility index (Phi) is 4.08. The second-order valence-corrected chi connectivity index (χ2v) is 3.57. The predicted molar refractivity (Wildman–Crippen MR) is 60.4 cm³/mol. The van der Waals surface area contributed by atoms with E-state index < -0.39 is 0 Å². The Morgan fingerprint density at radius 2 is 1.55 bits per heavy atom. The van der Waals surface area contributed by atoms with Gasteiger partial charge in [-0.15, -0.1) is 15.8 Å². The van der Waals surface area contributed by atoms with E-state index in [2.05, 4.69) is 9.47 Å². The average molecular weight is 273 g/mol. The fourth-order valence-electron chi connectivity index (χ4n) is 1.40. The third-order valence-electron chi connectivity index (χ3n) is 2.32. The van der Waals surface area contributed by atoms with Crippen molar-refractivity contribution in [2.45, 2.75) is 6.10 Å². The highest BCUT2D eigenvalue weighted by molar-refractivity contribution is 5.60. The molecule has 1 unspecified atom stereocenters. The molecule has 1 heterocycles. The average Bonchev–Trinajstić information content (AvgIpc) is 3.26. The number of hydrogen-bond donors (Lipinski definition) is 0. The fraction of sp³-hybridized carbons (Fsp3) is 0.250. The molecule has 0 saturated carbocycles. The van der Waals surface area contributed by atoms with E-state index >= 15 is 0 Å². The van der Waals surface area contributed by atoms with Crippen LogP contribution in [0.5, 0.6) is 23.0 Å². The third kappa shape index (κ3) is 2.99. The first-order valence-electron chi connectivity index (χ1n) is 5.39. The number of nitrogens with zero attached hydrogens (tertiary/aromatic N) is 3. The normalized spacial score (nSPS) is 15.2. The molecule has 100 valence electrons. The van der Waals surface area contributed by atoms with E-state index in [-0.39, 0.29) is 35.7 Å². The number of epoxide rings is 1. The zero-order valence-electron chi connectivity index (χ0n) is 10.0. The van der Waals surface area contributed by atoms with Crippen LogP contribution in [0.2, 0.25) is 0 Å². The lowest BCUT2D eigenvalue weighted by atomic mass is 10.2. The zero-order chi connectivity index (χ0) is 14.4. The van der Waals surface area contributed by atoms with Crippen molar-refractivity contribution in [3.63, 3.8) is 0 Å². The zero-order valence-corrected chi connectivity index (χ0v) is 10.0. The van der Waals surface area contributed by atoms with Crippen LogP contribution >= 0.6 is 0 Å². The van der Waals surface area contributed by atoms with Crippen LogP contribution in [0.3, 0.4) is 0 Å². The van der Waals surface area contributed by atoms with Crippen molar-refractivity contribution in [3.8, 4) is 41.8 Å². The SMILES string of the molecule is N#COc1ccc(OCC2CO2)c(OC#N)c1OC#N. The van der Waals surface area contributed by atoms with Gasteiger partial charge in [-0.25, -0.2) is 0 Å². The maximum absolute atomic E-state index is 8.65. The molecule has 8 heteroatoms. The molecule has 0 amide bonds. The molecule has 20 heavy (non-hydrogen) atoms. The smallest absolute Gasteiger partial charge is 0.292 e. The molecule has 8 nitrogen and oxygen atoms in total. The summed E-state index contributed by atoms with van der Waals surface area (Å²) in [6.45, 7) is 0.873. The van der Waals surface area contributed by atoms with Gasteiger partial charge in [0.2, 0.25) is 11.5 Å². The van der Waals surface area contributed by atoms with Gasteiger partial charge in [0.15, 0.2) is 11.5 Å². The van der Waals surface area contributed by atoms with Crippen molar-refractivity contribution in [1.82, 2.24) is 0 Å². The highest BCUT2D eigenvalue weighted by Crippen LogP contribution is 2.44. The summed E-state index contributed by atoms with van der Waals surface area (Å²) in [6, 6.07) is 2.80. The monoisotopic (exact) mass is 273 g/mol. The first kappa shape index (κ1) is 13.3. The van der Waals surface area contributed by atoms with Crippen LogP contribution in [0.4, 0.5) is 0 Å². The first-order chi connectivity index (χ1) is 9.80. The van der Waals surface area contributed by atoms with Gasteiger partial charge in [0.05, 0.1) is 6.61 Å². The molecular weight excluding hydrogens is 266 g/mol. The van der Waals surface area contributed by atoms with Gasteiger partial charge in [-0.1, -0.05) is 0 Å². The molecule has 1 aliphatic rings. The van der Waals surface area contributed by atoms with Gasteiger partial charge in [-0.2, -0.15) is 0 Å². The number of ether oxygens (including phenoxy) is 5. The summed E-state index contributed by atoms with van der Waals surface area (Å²) < 4.78 is 24.4. The van der Waals surface area contributed by atoms with Crippen molar-refractivity contribution in [2.75, 3.05) is 13.2 Å². The van der Waals surface area contributed by atoms with Gasteiger partial charge in [0.25, 0.3) is 18.8 Å². The molecule has 1 saturated heterocycles. The Bertz CT molecular complexity index is 622. The Balaban J connectivity index is 2.35. The minimum atomic E-state index is -0.204. The number of rotatable bonds is 6. The van der Waals surface area contributed by atoms with Crippen molar-refractivity contribution < 1.29 is 23.7 Å². The Hall–Kier alpha value is -3.15. The maximum atomic E-state index is 8.65. The largest absolute Gasteiger partial charge is 0.487 e. The molecule has 2 rings (SSSR count). The van der Waals surface area contributed by atoms with E-state index in [1.54, 1.807) is 0 Å². The van der Waals surface area contributed by atoms with Crippen molar-refractivity contribution in [1.29, 1.82) is 15.8 Å². The van der Waals surface area contributed by atoms with Crippen molar-refractivity contribution in [3.05, 3.63) is 12.1 Å². The van der Waals surface area contributed by atoms with Crippen LogP contribution in [0, 0.1) is 34.6 Å². The van der Waals surface area contributed by atoms with Crippen LogP contribution in [-0.2, 0) is 4.74 Å². The summed E-state index contributed by atoms with van der Waals surface area (Å²) in [5.41, 5.74) is 0. The molecule has 0 N–H and O–H groups in total. The summed E-state index contributed by atoms with van der Waals surface area (Å²) in [7, 11) is 0. The minimum Gasteiger partial charge on any atom is -0.487 e. The van der Waals surface area contributed by atoms with E-state index in [0.29, 0.717) is 6.61 Å². The van der Waals surface area contributed by atoms with Gasteiger partial charge in [0.1, 0.15) is 12.7 Å². The van der Waals surface area contributed by atoms with E-state index in [4.69, 9.17) is 30.0 Å². The Morgan fingerprint density at radius 3 is 2.10 bits per heavy atom. The Labute approximate surface area is 113 Å². The van der Waals surface area contributed by atoms with Crippen molar-refractivity contribution in [2.24, 2.45) is 0 Å². The highest BCUT2D eigenvalue weighted by Gasteiger charge is 2.26. The molecule has 0 bridgehead atoms. The van der Waals surface area contributed by atoms with Gasteiger partial charge in [0, 0.05) is 0 Å². The molecule has 0 aliphatic carbocycles. The van der Waals surface area contributed by atoms with Crippen LogP contribution in [0.15, 0.2) is 12.1 Å². The number of hydrogen-bond acceptors (Lipinski definition) is 8. The quantitative estimate of drug-likeness (QED) is 0.556. The maximum Gasteiger partial charge on any atom is 0.292 e. The second-order valence-electron chi connectivity index (χ2n) is 3.57. The summed E-state index contributed by atoms with van der Waals surface area (Å²) in [4.78, 5) is 0. The molecule has 0 aromatic heterocycles. The standard InChI is InChI=1S/C12H7N3O5/c13-5-18-10-2-1-9(17-4-8-3-16-8)11(19-6-14)12(10)20-7-15/h1-2,8H,3-4H2. The number of nitriles is 3. The van der Waals surface area contributed by atoms with E-state index in [1.165, 1.54) is 30.9 Å². The molecule has 1 aromatic carbocycles. The lowest BCUT2D eigenvalue weighted by molar-refractivity contribution is 0.253. The Morgan fingerprint density at radius 1 is 1.00 bits per heavy atom. The lowest BCUT2D eigenvalue weighted by Crippen LogP contribution is -2.06. The topological polar surface area (TPSA) is 121 Å². The predicted octanol–water partition coefficient (Wildman–Crippen LogP) is 1.04. The van der Waals surface area contributed by atoms with Gasteiger partial charge in [-0.05, 0) is 12.1 Å². The molecular formula is C12H7N3O5. The van der Waals surface area contributed by atoms with Crippen molar-refractivity contribution >= 4 is 0 Å². The van der Waals surface area contributed by atoms with Crippen LogP contribution in [0.25, 0.3) is 0 Å². The van der Waals surface area contributed by atoms with Gasteiger partial charge < -0.3 is 23.7 Å². The summed E-state index contributed by atoms with van der Waals surface area (Å²) in [5.74, 6) is -0.223. The molecule has 1 atom stereocenters. The van der Waals surface area contributed by atoms with Gasteiger partial charge in [-0.3, -0.25) is 0 Å². The molecule has 1 aliphatic heterocycles. The molecule has 0 spiro atoms.